The number of hydrogen-bond acceptors (Lipinski definition) is 8. The van der Waals surface area contributed by atoms with Crippen LogP contribution in [0.25, 0.3) is 20.8 Å². The molecule has 192 valence electrons. The van der Waals surface area contributed by atoms with Crippen LogP contribution in [0.2, 0.25) is 0 Å². The van der Waals surface area contributed by atoms with E-state index in [-0.39, 0.29) is 6.10 Å². The van der Waals surface area contributed by atoms with E-state index in [2.05, 4.69) is 35.2 Å². The quantitative estimate of drug-likeness (QED) is 0.318. The first-order valence-electron chi connectivity index (χ1n) is 12.5. The number of fused-ring (bicyclic) bond motifs is 2. The van der Waals surface area contributed by atoms with Crippen LogP contribution in [-0.4, -0.2) is 56.6 Å². The van der Waals surface area contributed by atoms with Crippen LogP contribution in [0.3, 0.4) is 0 Å². The van der Waals surface area contributed by atoms with Gasteiger partial charge in [-0.2, -0.15) is 0 Å². The lowest BCUT2D eigenvalue weighted by atomic mass is 10.1. The molecule has 3 aromatic carbocycles. The number of para-hydroxylation sites is 1. The molecule has 6 rings (SSSR count). The summed E-state index contributed by atoms with van der Waals surface area (Å²) in [6.45, 7) is 4.09. The van der Waals surface area contributed by atoms with Crippen molar-refractivity contribution in [2.45, 2.75) is 25.6 Å². The molecule has 0 spiro atoms. The van der Waals surface area contributed by atoms with E-state index in [1.165, 1.54) is 4.70 Å². The summed E-state index contributed by atoms with van der Waals surface area (Å²) in [5, 5.41) is 0.974. The highest BCUT2D eigenvalue weighted by molar-refractivity contribution is 7.21. The summed E-state index contributed by atoms with van der Waals surface area (Å²) < 4.78 is 30.6. The van der Waals surface area contributed by atoms with Crippen LogP contribution in [0.1, 0.15) is 17.5 Å². The SMILES string of the molecule is COc1ccc(OC)c(CN2CCOc3c(cc(-c4nc5ccccc5s4)cc3O[C@H]3CCOC3)C2)c1. The third-order valence-corrected chi connectivity index (χ3v) is 7.87. The first-order chi connectivity index (χ1) is 18.2. The van der Waals surface area contributed by atoms with E-state index in [4.69, 9.17) is 28.7 Å². The minimum absolute atomic E-state index is 0.0266. The van der Waals surface area contributed by atoms with Crippen LogP contribution < -0.4 is 18.9 Å². The number of nitrogens with zero attached hydrogens (tertiary/aromatic N) is 2. The largest absolute Gasteiger partial charge is 0.497 e. The van der Waals surface area contributed by atoms with E-state index >= 15 is 0 Å². The molecule has 1 atom stereocenters. The molecule has 4 aromatic rings. The highest BCUT2D eigenvalue weighted by Gasteiger charge is 2.26. The molecule has 0 bridgehead atoms. The van der Waals surface area contributed by atoms with Crippen molar-refractivity contribution in [2.24, 2.45) is 0 Å². The summed E-state index contributed by atoms with van der Waals surface area (Å²) in [6, 6.07) is 18.4. The molecule has 2 aliphatic heterocycles. The van der Waals surface area contributed by atoms with Crippen molar-refractivity contribution in [3.05, 3.63) is 65.7 Å². The summed E-state index contributed by atoms with van der Waals surface area (Å²) in [7, 11) is 3.38. The van der Waals surface area contributed by atoms with Crippen LogP contribution in [0.4, 0.5) is 0 Å². The Kier molecular flexibility index (Phi) is 6.87. The minimum atomic E-state index is 0.0266. The van der Waals surface area contributed by atoms with Gasteiger partial charge in [-0.05, 0) is 42.5 Å². The molecule has 1 fully saturated rings. The molecule has 3 heterocycles. The van der Waals surface area contributed by atoms with Crippen LogP contribution in [0, 0.1) is 0 Å². The summed E-state index contributed by atoms with van der Waals surface area (Å²) in [5.41, 5.74) is 4.21. The van der Waals surface area contributed by atoms with Crippen LogP contribution in [0.15, 0.2) is 54.6 Å². The second kappa shape index (κ2) is 10.6. The Bertz CT molecular complexity index is 1370. The molecular weight excluding hydrogens is 488 g/mol. The fourth-order valence-corrected chi connectivity index (χ4v) is 5.86. The molecule has 0 amide bonds. The average Bonchev–Trinajstić information content (AvgIpc) is 3.55. The van der Waals surface area contributed by atoms with Crippen LogP contribution >= 0.6 is 11.3 Å². The third kappa shape index (κ3) is 5.09. The molecule has 8 heteroatoms. The molecule has 0 radical (unpaired) electrons. The van der Waals surface area contributed by atoms with E-state index in [9.17, 15) is 0 Å². The number of ether oxygens (including phenoxy) is 5. The van der Waals surface area contributed by atoms with Crippen molar-refractivity contribution in [3.63, 3.8) is 0 Å². The Labute approximate surface area is 220 Å². The van der Waals surface area contributed by atoms with E-state index in [1.807, 2.05) is 24.3 Å². The lowest BCUT2D eigenvalue weighted by Gasteiger charge is -2.22. The maximum Gasteiger partial charge on any atom is 0.165 e. The Balaban J connectivity index is 1.36. The van der Waals surface area contributed by atoms with Crippen molar-refractivity contribution in [1.29, 1.82) is 0 Å². The first-order valence-corrected chi connectivity index (χ1v) is 13.3. The van der Waals surface area contributed by atoms with Gasteiger partial charge in [-0.15, -0.1) is 11.3 Å². The van der Waals surface area contributed by atoms with Gasteiger partial charge in [-0.1, -0.05) is 12.1 Å². The summed E-state index contributed by atoms with van der Waals surface area (Å²) in [5.74, 6) is 3.24. The zero-order valence-electron chi connectivity index (χ0n) is 21.1. The number of benzene rings is 3. The summed E-state index contributed by atoms with van der Waals surface area (Å²) in [4.78, 5) is 7.28. The number of aromatic nitrogens is 1. The van der Waals surface area contributed by atoms with E-state index in [0.29, 0.717) is 26.3 Å². The van der Waals surface area contributed by atoms with Gasteiger partial charge < -0.3 is 23.7 Å². The van der Waals surface area contributed by atoms with Gasteiger partial charge in [0, 0.05) is 42.7 Å². The average molecular weight is 519 g/mol. The fraction of sp³-hybridized carbons (Fsp3) is 0.345. The van der Waals surface area contributed by atoms with E-state index in [0.717, 1.165) is 69.8 Å². The predicted octanol–water partition coefficient (Wildman–Crippen LogP) is 5.54. The fourth-order valence-electron chi connectivity index (χ4n) is 4.91. The first kappa shape index (κ1) is 24.0. The Morgan fingerprint density at radius 3 is 2.76 bits per heavy atom. The molecule has 0 saturated carbocycles. The maximum atomic E-state index is 6.46. The molecule has 1 aromatic heterocycles. The van der Waals surface area contributed by atoms with E-state index < -0.39 is 0 Å². The maximum absolute atomic E-state index is 6.46. The number of methoxy groups -OCH3 is 2. The van der Waals surface area contributed by atoms with E-state index in [1.54, 1.807) is 25.6 Å². The van der Waals surface area contributed by atoms with Crippen molar-refractivity contribution in [1.82, 2.24) is 9.88 Å². The topological polar surface area (TPSA) is 62.3 Å². The zero-order valence-corrected chi connectivity index (χ0v) is 21.9. The monoisotopic (exact) mass is 518 g/mol. The summed E-state index contributed by atoms with van der Waals surface area (Å²) in [6.07, 6.45) is 0.903. The zero-order chi connectivity index (χ0) is 25.2. The molecule has 0 unspecified atom stereocenters. The number of thiazole rings is 1. The highest BCUT2D eigenvalue weighted by atomic mass is 32.1. The second-order valence-electron chi connectivity index (χ2n) is 9.29. The number of rotatable bonds is 7. The van der Waals surface area contributed by atoms with Crippen molar-refractivity contribution in [2.75, 3.05) is 40.6 Å². The Morgan fingerprint density at radius 1 is 1.03 bits per heavy atom. The van der Waals surface area contributed by atoms with Gasteiger partial charge >= 0.3 is 0 Å². The van der Waals surface area contributed by atoms with Gasteiger partial charge in [0.1, 0.15) is 29.2 Å². The van der Waals surface area contributed by atoms with Crippen LogP contribution in [0.5, 0.6) is 23.0 Å². The smallest absolute Gasteiger partial charge is 0.165 e. The lowest BCUT2D eigenvalue weighted by molar-refractivity contribution is 0.137. The highest BCUT2D eigenvalue weighted by Crippen LogP contribution is 2.41. The van der Waals surface area contributed by atoms with Gasteiger partial charge in [-0.25, -0.2) is 4.98 Å². The van der Waals surface area contributed by atoms with Crippen molar-refractivity contribution < 1.29 is 23.7 Å². The molecule has 37 heavy (non-hydrogen) atoms. The van der Waals surface area contributed by atoms with Crippen molar-refractivity contribution in [3.8, 4) is 33.6 Å². The van der Waals surface area contributed by atoms with Gasteiger partial charge in [0.15, 0.2) is 11.5 Å². The second-order valence-corrected chi connectivity index (χ2v) is 10.3. The predicted molar refractivity (Wildman–Crippen MR) is 144 cm³/mol. The van der Waals surface area contributed by atoms with Gasteiger partial charge in [0.25, 0.3) is 0 Å². The normalized spacial score (nSPS) is 17.7. The van der Waals surface area contributed by atoms with Gasteiger partial charge in [0.05, 0.1) is 37.6 Å². The molecule has 0 N–H and O–H groups in total. The molecule has 1 saturated heterocycles. The number of hydrogen-bond donors (Lipinski definition) is 0. The lowest BCUT2D eigenvalue weighted by Crippen LogP contribution is -2.25. The Morgan fingerprint density at radius 2 is 1.95 bits per heavy atom. The molecular formula is C29H30N2O5S. The molecule has 2 aliphatic rings. The minimum Gasteiger partial charge on any atom is -0.497 e. The Hall–Kier alpha value is -3.33. The third-order valence-electron chi connectivity index (χ3n) is 6.78. The summed E-state index contributed by atoms with van der Waals surface area (Å²) >= 11 is 1.69. The van der Waals surface area contributed by atoms with Crippen molar-refractivity contribution >= 4 is 21.6 Å². The van der Waals surface area contributed by atoms with Gasteiger partial charge in [-0.3, -0.25) is 4.90 Å². The van der Waals surface area contributed by atoms with Crippen LogP contribution in [-0.2, 0) is 17.8 Å². The molecule has 0 aliphatic carbocycles. The standard InChI is InChI=1S/C29H30N2O5S/c1-32-22-7-8-25(33-2)20(14-22)16-31-10-12-35-28-21(17-31)13-19(15-26(28)36-23-9-11-34-18-23)29-30-24-5-3-4-6-27(24)37-29/h3-8,13-15,23H,9-12,16-18H2,1-2H3/t23-/m0/s1. The molecule has 7 nitrogen and oxygen atoms in total. The van der Waals surface area contributed by atoms with Gasteiger partial charge in [0.2, 0.25) is 0 Å².